The molecule has 3 nitrogen and oxygen atoms in total. The first-order valence-electron chi connectivity index (χ1n) is 7.18. The Kier molecular flexibility index (Phi) is 4.13. The van der Waals surface area contributed by atoms with Crippen molar-refractivity contribution in [3.63, 3.8) is 0 Å². The van der Waals surface area contributed by atoms with E-state index in [4.69, 9.17) is 0 Å². The molecule has 0 bridgehead atoms. The minimum absolute atomic E-state index is 0.178. The monoisotopic (exact) mass is 260 g/mol. The number of benzene rings is 1. The highest BCUT2D eigenvalue weighted by atomic mass is 16.2. The van der Waals surface area contributed by atoms with Crippen molar-refractivity contribution in [3.8, 4) is 0 Å². The number of hydrogen-bond donors (Lipinski definition) is 1. The summed E-state index contributed by atoms with van der Waals surface area (Å²) in [7, 11) is 0. The maximum absolute atomic E-state index is 12.6. The summed E-state index contributed by atoms with van der Waals surface area (Å²) in [6.45, 7) is 10.2. The molecular formula is C16H24N2O. The van der Waals surface area contributed by atoms with Crippen molar-refractivity contribution in [1.29, 1.82) is 0 Å². The van der Waals surface area contributed by atoms with E-state index in [9.17, 15) is 4.79 Å². The van der Waals surface area contributed by atoms with Crippen LogP contribution in [0.25, 0.3) is 0 Å². The average Bonchev–Trinajstić information content (AvgIpc) is 2.68. The van der Waals surface area contributed by atoms with Crippen LogP contribution in [-0.2, 0) is 0 Å². The molecule has 1 aromatic carbocycles. The van der Waals surface area contributed by atoms with E-state index in [1.807, 2.05) is 24.0 Å². The Morgan fingerprint density at radius 3 is 2.68 bits per heavy atom. The predicted octanol–water partition coefficient (Wildman–Crippen LogP) is 3.30. The number of rotatable bonds is 3. The first-order chi connectivity index (χ1) is 9.02. The SMILES string of the molecule is CCNc1ccc(C(=O)N2CC(C)CC2C)c(C)c1. The summed E-state index contributed by atoms with van der Waals surface area (Å²) in [5.74, 6) is 0.790. The molecule has 0 spiro atoms. The van der Waals surface area contributed by atoms with E-state index >= 15 is 0 Å². The van der Waals surface area contributed by atoms with Gasteiger partial charge in [0.05, 0.1) is 0 Å². The molecule has 3 heteroatoms. The standard InChI is InChI=1S/C16H24N2O/c1-5-17-14-6-7-15(12(3)9-14)16(19)18-10-11(2)8-13(18)4/h6-7,9,11,13,17H,5,8,10H2,1-4H3. The Hall–Kier alpha value is -1.51. The molecule has 0 aromatic heterocycles. The molecule has 2 atom stereocenters. The fourth-order valence-electron chi connectivity index (χ4n) is 2.96. The van der Waals surface area contributed by atoms with Crippen molar-refractivity contribution in [3.05, 3.63) is 29.3 Å². The van der Waals surface area contributed by atoms with Gasteiger partial charge in [0.25, 0.3) is 5.91 Å². The summed E-state index contributed by atoms with van der Waals surface area (Å²) >= 11 is 0. The predicted molar refractivity (Wildman–Crippen MR) is 79.6 cm³/mol. The largest absolute Gasteiger partial charge is 0.385 e. The summed E-state index contributed by atoms with van der Waals surface area (Å²) in [6.07, 6.45) is 1.11. The van der Waals surface area contributed by atoms with E-state index in [-0.39, 0.29) is 5.91 Å². The highest BCUT2D eigenvalue weighted by molar-refractivity contribution is 5.96. The van der Waals surface area contributed by atoms with Crippen molar-refractivity contribution >= 4 is 11.6 Å². The highest BCUT2D eigenvalue weighted by Crippen LogP contribution is 2.26. The number of carbonyl (C=O) groups excluding carboxylic acids is 1. The molecule has 0 radical (unpaired) electrons. The molecule has 2 rings (SSSR count). The maximum Gasteiger partial charge on any atom is 0.254 e. The minimum atomic E-state index is 0.178. The van der Waals surface area contributed by atoms with Gasteiger partial charge in [-0.25, -0.2) is 0 Å². The number of anilines is 1. The van der Waals surface area contributed by atoms with Gasteiger partial charge in [-0.1, -0.05) is 6.92 Å². The summed E-state index contributed by atoms with van der Waals surface area (Å²) in [4.78, 5) is 14.6. The average molecular weight is 260 g/mol. The Morgan fingerprint density at radius 2 is 2.16 bits per heavy atom. The number of hydrogen-bond acceptors (Lipinski definition) is 2. The van der Waals surface area contributed by atoms with E-state index in [0.29, 0.717) is 12.0 Å². The molecule has 1 N–H and O–H groups in total. The first kappa shape index (κ1) is 13.9. The van der Waals surface area contributed by atoms with Crippen molar-refractivity contribution in [2.75, 3.05) is 18.4 Å². The minimum Gasteiger partial charge on any atom is -0.385 e. The van der Waals surface area contributed by atoms with E-state index in [0.717, 1.165) is 36.3 Å². The first-order valence-corrected chi connectivity index (χ1v) is 7.18. The molecule has 1 heterocycles. The van der Waals surface area contributed by atoms with E-state index < -0.39 is 0 Å². The lowest BCUT2D eigenvalue weighted by molar-refractivity contribution is 0.0743. The maximum atomic E-state index is 12.6. The van der Waals surface area contributed by atoms with Gasteiger partial charge >= 0.3 is 0 Å². The van der Waals surface area contributed by atoms with Crippen LogP contribution in [0.5, 0.6) is 0 Å². The summed E-state index contributed by atoms with van der Waals surface area (Å²) in [5.41, 5.74) is 2.97. The fraction of sp³-hybridized carbons (Fsp3) is 0.562. The van der Waals surface area contributed by atoms with Gasteiger partial charge in [0.2, 0.25) is 0 Å². The van der Waals surface area contributed by atoms with Gasteiger partial charge in [-0.05, 0) is 56.9 Å². The second-order valence-corrected chi connectivity index (χ2v) is 5.71. The molecule has 19 heavy (non-hydrogen) atoms. The third-order valence-corrected chi connectivity index (χ3v) is 3.88. The van der Waals surface area contributed by atoms with Gasteiger partial charge in [0, 0.05) is 30.4 Å². The number of amides is 1. The highest BCUT2D eigenvalue weighted by Gasteiger charge is 2.30. The van der Waals surface area contributed by atoms with Crippen LogP contribution < -0.4 is 5.32 Å². The number of likely N-dealkylation sites (tertiary alicyclic amines) is 1. The molecule has 0 aliphatic carbocycles. The second kappa shape index (κ2) is 5.64. The second-order valence-electron chi connectivity index (χ2n) is 5.71. The normalized spacial score (nSPS) is 22.6. The topological polar surface area (TPSA) is 32.3 Å². The van der Waals surface area contributed by atoms with Crippen molar-refractivity contribution in [2.45, 2.75) is 40.2 Å². The van der Waals surface area contributed by atoms with Crippen molar-refractivity contribution in [1.82, 2.24) is 4.90 Å². The van der Waals surface area contributed by atoms with E-state index in [1.165, 1.54) is 0 Å². The molecule has 1 aromatic rings. The van der Waals surface area contributed by atoms with E-state index in [2.05, 4.69) is 32.2 Å². The molecular weight excluding hydrogens is 236 g/mol. The number of nitrogens with one attached hydrogen (secondary N) is 1. The van der Waals surface area contributed by atoms with Gasteiger partial charge in [-0.2, -0.15) is 0 Å². The number of nitrogens with zero attached hydrogens (tertiary/aromatic N) is 1. The van der Waals surface area contributed by atoms with Crippen LogP contribution in [0.15, 0.2) is 18.2 Å². The number of aryl methyl sites for hydroxylation is 1. The molecule has 1 saturated heterocycles. The van der Waals surface area contributed by atoms with Crippen LogP contribution in [0.2, 0.25) is 0 Å². The van der Waals surface area contributed by atoms with Gasteiger partial charge < -0.3 is 10.2 Å². The van der Waals surface area contributed by atoms with Gasteiger partial charge in [-0.3, -0.25) is 4.79 Å². The lowest BCUT2D eigenvalue weighted by Gasteiger charge is -2.22. The Morgan fingerprint density at radius 1 is 1.42 bits per heavy atom. The fourth-order valence-corrected chi connectivity index (χ4v) is 2.96. The molecule has 2 unspecified atom stereocenters. The van der Waals surface area contributed by atoms with Crippen LogP contribution in [0.3, 0.4) is 0 Å². The van der Waals surface area contributed by atoms with Crippen molar-refractivity contribution < 1.29 is 4.79 Å². The van der Waals surface area contributed by atoms with Gasteiger partial charge in [0.1, 0.15) is 0 Å². The lowest BCUT2D eigenvalue weighted by atomic mass is 10.1. The Bertz CT molecular complexity index is 470. The summed E-state index contributed by atoms with van der Waals surface area (Å²) in [5, 5.41) is 3.27. The molecule has 1 fully saturated rings. The molecule has 1 aliphatic rings. The zero-order valence-electron chi connectivity index (χ0n) is 12.4. The third-order valence-electron chi connectivity index (χ3n) is 3.88. The van der Waals surface area contributed by atoms with Crippen LogP contribution in [0.1, 0.15) is 43.1 Å². The Labute approximate surface area is 116 Å². The molecule has 1 aliphatic heterocycles. The zero-order valence-corrected chi connectivity index (χ0v) is 12.4. The summed E-state index contributed by atoms with van der Waals surface area (Å²) in [6, 6.07) is 6.36. The smallest absolute Gasteiger partial charge is 0.254 e. The lowest BCUT2D eigenvalue weighted by Crippen LogP contribution is -2.34. The number of carbonyl (C=O) groups is 1. The van der Waals surface area contributed by atoms with Crippen LogP contribution in [0, 0.1) is 12.8 Å². The quantitative estimate of drug-likeness (QED) is 0.904. The zero-order chi connectivity index (χ0) is 14.0. The third kappa shape index (κ3) is 2.91. The van der Waals surface area contributed by atoms with Crippen LogP contribution in [-0.4, -0.2) is 29.9 Å². The molecule has 0 saturated carbocycles. The Balaban J connectivity index is 2.20. The van der Waals surface area contributed by atoms with Gasteiger partial charge in [-0.15, -0.1) is 0 Å². The van der Waals surface area contributed by atoms with Gasteiger partial charge in [0.15, 0.2) is 0 Å². The van der Waals surface area contributed by atoms with E-state index in [1.54, 1.807) is 0 Å². The molecule has 1 amide bonds. The van der Waals surface area contributed by atoms with Crippen LogP contribution in [0.4, 0.5) is 5.69 Å². The van der Waals surface area contributed by atoms with Crippen molar-refractivity contribution in [2.24, 2.45) is 5.92 Å². The summed E-state index contributed by atoms with van der Waals surface area (Å²) < 4.78 is 0. The molecule has 104 valence electrons. The van der Waals surface area contributed by atoms with Crippen LogP contribution >= 0.6 is 0 Å².